The van der Waals surface area contributed by atoms with Gasteiger partial charge in [0.25, 0.3) is 5.91 Å². The number of nitrogens with one attached hydrogen (secondary N) is 1. The molecule has 16 heavy (non-hydrogen) atoms. The van der Waals surface area contributed by atoms with Crippen LogP contribution in [0.15, 0.2) is 24.3 Å². The van der Waals surface area contributed by atoms with Gasteiger partial charge in [-0.05, 0) is 31.5 Å². The van der Waals surface area contributed by atoms with E-state index in [1.165, 1.54) is 0 Å². The molecule has 0 aromatic heterocycles. The van der Waals surface area contributed by atoms with Gasteiger partial charge in [-0.3, -0.25) is 4.79 Å². The molecule has 1 aromatic carbocycles. The lowest BCUT2D eigenvalue weighted by atomic mass is 10.1. The number of amides is 1. The van der Waals surface area contributed by atoms with Gasteiger partial charge in [0.1, 0.15) is 5.75 Å². The third kappa shape index (κ3) is 3.24. The molecular weight excluding hydrogens is 204 g/mol. The number of hydrogen-bond donors (Lipinski definition) is 2. The van der Waals surface area contributed by atoms with Crippen LogP contribution in [-0.4, -0.2) is 19.1 Å². The molecule has 1 aromatic rings. The van der Waals surface area contributed by atoms with Crippen LogP contribution in [0.2, 0.25) is 0 Å². The SMILES string of the molecule is CNC(=O)C(C)Oc1ccc([C@H](C)N)cc1. The molecule has 1 amide bonds. The Morgan fingerprint density at radius 1 is 1.31 bits per heavy atom. The van der Waals surface area contributed by atoms with Gasteiger partial charge in [0.2, 0.25) is 0 Å². The molecule has 0 heterocycles. The first-order chi connectivity index (χ1) is 7.54. The fourth-order valence-corrected chi connectivity index (χ4v) is 1.31. The van der Waals surface area contributed by atoms with E-state index in [4.69, 9.17) is 10.5 Å². The molecule has 0 bridgehead atoms. The topological polar surface area (TPSA) is 64.3 Å². The number of ether oxygens (including phenoxy) is 1. The molecule has 0 saturated heterocycles. The molecule has 0 aliphatic carbocycles. The summed E-state index contributed by atoms with van der Waals surface area (Å²) in [5, 5.41) is 2.53. The van der Waals surface area contributed by atoms with Crippen molar-refractivity contribution in [2.24, 2.45) is 5.73 Å². The summed E-state index contributed by atoms with van der Waals surface area (Å²) in [5.41, 5.74) is 6.77. The van der Waals surface area contributed by atoms with Crippen LogP contribution in [0.4, 0.5) is 0 Å². The zero-order chi connectivity index (χ0) is 12.1. The monoisotopic (exact) mass is 222 g/mol. The second-order valence-electron chi connectivity index (χ2n) is 3.73. The predicted octanol–water partition coefficient (Wildman–Crippen LogP) is 1.22. The molecule has 0 radical (unpaired) electrons. The Morgan fingerprint density at radius 3 is 2.31 bits per heavy atom. The second-order valence-corrected chi connectivity index (χ2v) is 3.73. The minimum Gasteiger partial charge on any atom is -0.481 e. The van der Waals surface area contributed by atoms with Crippen molar-refractivity contribution in [2.75, 3.05) is 7.05 Å². The van der Waals surface area contributed by atoms with E-state index >= 15 is 0 Å². The fraction of sp³-hybridized carbons (Fsp3) is 0.417. The predicted molar refractivity (Wildman–Crippen MR) is 63.2 cm³/mol. The summed E-state index contributed by atoms with van der Waals surface area (Å²) in [4.78, 5) is 11.2. The van der Waals surface area contributed by atoms with Crippen molar-refractivity contribution in [3.63, 3.8) is 0 Å². The Bertz CT molecular complexity index is 347. The zero-order valence-electron chi connectivity index (χ0n) is 9.86. The molecule has 4 nitrogen and oxygen atoms in total. The molecular formula is C12H18N2O2. The number of benzene rings is 1. The lowest BCUT2D eigenvalue weighted by Gasteiger charge is -2.13. The van der Waals surface area contributed by atoms with E-state index < -0.39 is 6.10 Å². The normalized spacial score (nSPS) is 14.0. The van der Waals surface area contributed by atoms with Crippen molar-refractivity contribution >= 4 is 5.91 Å². The highest BCUT2D eigenvalue weighted by Gasteiger charge is 2.12. The third-order valence-corrected chi connectivity index (χ3v) is 2.33. The Labute approximate surface area is 95.8 Å². The van der Waals surface area contributed by atoms with E-state index in [1.807, 2.05) is 31.2 Å². The standard InChI is InChI=1S/C12H18N2O2/c1-8(13)10-4-6-11(7-5-10)16-9(2)12(15)14-3/h4-9H,13H2,1-3H3,(H,14,15)/t8-,9?/m0/s1. The van der Waals surface area contributed by atoms with E-state index in [9.17, 15) is 4.79 Å². The lowest BCUT2D eigenvalue weighted by molar-refractivity contribution is -0.126. The highest BCUT2D eigenvalue weighted by Crippen LogP contribution is 2.17. The summed E-state index contributed by atoms with van der Waals surface area (Å²) in [6.07, 6.45) is -0.494. The number of nitrogens with two attached hydrogens (primary N) is 1. The van der Waals surface area contributed by atoms with E-state index in [0.29, 0.717) is 5.75 Å². The van der Waals surface area contributed by atoms with Gasteiger partial charge < -0.3 is 15.8 Å². The number of carbonyl (C=O) groups excluding carboxylic acids is 1. The van der Waals surface area contributed by atoms with Crippen LogP contribution in [0.1, 0.15) is 25.5 Å². The van der Waals surface area contributed by atoms with Gasteiger partial charge in [-0.2, -0.15) is 0 Å². The van der Waals surface area contributed by atoms with Crippen LogP contribution in [0.3, 0.4) is 0 Å². The molecule has 2 atom stereocenters. The van der Waals surface area contributed by atoms with Crippen LogP contribution in [0, 0.1) is 0 Å². The third-order valence-electron chi connectivity index (χ3n) is 2.33. The lowest BCUT2D eigenvalue weighted by Crippen LogP contribution is -2.33. The van der Waals surface area contributed by atoms with E-state index in [2.05, 4.69) is 5.32 Å². The van der Waals surface area contributed by atoms with Gasteiger partial charge >= 0.3 is 0 Å². The highest BCUT2D eigenvalue weighted by atomic mass is 16.5. The van der Waals surface area contributed by atoms with E-state index in [0.717, 1.165) is 5.56 Å². The fourth-order valence-electron chi connectivity index (χ4n) is 1.31. The maximum atomic E-state index is 11.2. The van der Waals surface area contributed by atoms with Crippen molar-refractivity contribution in [2.45, 2.75) is 26.0 Å². The summed E-state index contributed by atoms with van der Waals surface area (Å²) in [7, 11) is 1.58. The molecule has 1 unspecified atom stereocenters. The van der Waals surface area contributed by atoms with Crippen LogP contribution >= 0.6 is 0 Å². The van der Waals surface area contributed by atoms with Gasteiger partial charge in [0.05, 0.1) is 0 Å². The van der Waals surface area contributed by atoms with Crippen molar-refractivity contribution in [1.29, 1.82) is 0 Å². The van der Waals surface area contributed by atoms with Gasteiger partial charge in [0, 0.05) is 13.1 Å². The molecule has 1 rings (SSSR count). The molecule has 0 spiro atoms. The van der Waals surface area contributed by atoms with Crippen LogP contribution in [0.25, 0.3) is 0 Å². The van der Waals surface area contributed by atoms with Crippen molar-refractivity contribution in [1.82, 2.24) is 5.32 Å². The molecule has 0 aliphatic rings. The average Bonchev–Trinajstić information content (AvgIpc) is 2.28. The molecule has 3 N–H and O–H groups in total. The van der Waals surface area contributed by atoms with Gasteiger partial charge in [-0.25, -0.2) is 0 Å². The minimum atomic E-state index is -0.494. The highest BCUT2D eigenvalue weighted by molar-refractivity contribution is 5.80. The zero-order valence-corrected chi connectivity index (χ0v) is 9.86. The average molecular weight is 222 g/mol. The van der Waals surface area contributed by atoms with Gasteiger partial charge in [-0.15, -0.1) is 0 Å². The number of rotatable bonds is 4. The smallest absolute Gasteiger partial charge is 0.260 e. The van der Waals surface area contributed by atoms with Crippen LogP contribution in [-0.2, 0) is 4.79 Å². The van der Waals surface area contributed by atoms with Crippen molar-refractivity contribution in [3.8, 4) is 5.75 Å². The quantitative estimate of drug-likeness (QED) is 0.805. The Hall–Kier alpha value is -1.55. The Morgan fingerprint density at radius 2 is 1.88 bits per heavy atom. The summed E-state index contributed by atoms with van der Waals surface area (Å²) in [6, 6.07) is 7.44. The molecule has 4 heteroatoms. The Kier molecular flexibility index (Phi) is 4.31. The molecule has 88 valence electrons. The summed E-state index contributed by atoms with van der Waals surface area (Å²) < 4.78 is 5.45. The first-order valence-electron chi connectivity index (χ1n) is 5.28. The molecule has 0 aliphatic heterocycles. The second kappa shape index (κ2) is 5.51. The summed E-state index contributed by atoms with van der Waals surface area (Å²) in [5.74, 6) is 0.525. The maximum absolute atomic E-state index is 11.2. The van der Waals surface area contributed by atoms with Crippen LogP contribution in [0.5, 0.6) is 5.75 Å². The minimum absolute atomic E-state index is 0.00501. The summed E-state index contributed by atoms with van der Waals surface area (Å²) >= 11 is 0. The Balaban J connectivity index is 2.65. The number of carbonyl (C=O) groups is 1. The van der Waals surface area contributed by atoms with E-state index in [1.54, 1.807) is 14.0 Å². The largest absolute Gasteiger partial charge is 0.481 e. The van der Waals surface area contributed by atoms with Crippen molar-refractivity contribution < 1.29 is 9.53 Å². The number of hydrogen-bond acceptors (Lipinski definition) is 3. The first-order valence-corrected chi connectivity index (χ1v) is 5.28. The maximum Gasteiger partial charge on any atom is 0.260 e. The summed E-state index contributed by atoms with van der Waals surface area (Å²) in [6.45, 7) is 3.63. The molecule has 0 fully saturated rings. The van der Waals surface area contributed by atoms with Gasteiger partial charge in [-0.1, -0.05) is 12.1 Å². The van der Waals surface area contributed by atoms with Crippen molar-refractivity contribution in [3.05, 3.63) is 29.8 Å². The van der Waals surface area contributed by atoms with Gasteiger partial charge in [0.15, 0.2) is 6.10 Å². The van der Waals surface area contributed by atoms with Crippen LogP contribution < -0.4 is 15.8 Å². The molecule has 0 saturated carbocycles. The number of likely N-dealkylation sites (N-methyl/N-ethyl adjacent to an activating group) is 1. The van der Waals surface area contributed by atoms with E-state index in [-0.39, 0.29) is 11.9 Å². The first kappa shape index (κ1) is 12.5.